The molecule has 9 nitrogen and oxygen atoms in total. The van der Waals surface area contributed by atoms with Gasteiger partial charge in [0.2, 0.25) is 11.7 Å². The Bertz CT molecular complexity index is 1440. The number of hydrogen-bond donors (Lipinski definition) is 2. The molecular formula is C23H22N6O3S. The number of hydrogen-bond acceptors (Lipinski definition) is 7. The minimum absolute atomic E-state index is 0.0166. The van der Waals surface area contributed by atoms with Crippen LogP contribution in [0.4, 0.5) is 0 Å². The number of carbonyl (C=O) groups excluding carboxylic acids is 1. The van der Waals surface area contributed by atoms with Crippen LogP contribution in [0, 0.1) is 10.7 Å². The first-order valence-electron chi connectivity index (χ1n) is 10.3. The minimum Gasteiger partial charge on any atom is -0.340 e. The number of amides is 1. The molecule has 4 rings (SSSR count). The average Bonchev–Trinajstić information content (AvgIpc) is 3.30. The van der Waals surface area contributed by atoms with Gasteiger partial charge in [-0.05, 0) is 48.5 Å². The first-order valence-corrected chi connectivity index (χ1v) is 10.7. The lowest BCUT2D eigenvalue weighted by atomic mass is 10.0. The molecule has 0 radical (unpaired) electrons. The number of nitrogens with zero attached hydrogens (tertiary/aromatic N) is 4. The standard InChI is InChI=1S/C23H22N6O3S/c1-4-11-29-22(31)16-6-5-15(12-17(16)25-23(29)33)20(30)26-18(13(2)3)21-27-19(28-32-21)14-7-9-24-10-8-14/h4-10,12-13,18H,1,11H2,2-3H3,(H,25,33)(H,26,30). The van der Waals surface area contributed by atoms with Gasteiger partial charge in [0.15, 0.2) is 4.77 Å². The van der Waals surface area contributed by atoms with E-state index in [1.807, 2.05) is 13.8 Å². The fourth-order valence-electron chi connectivity index (χ4n) is 3.41. The Hall–Kier alpha value is -3.92. The topological polar surface area (TPSA) is 119 Å². The van der Waals surface area contributed by atoms with E-state index in [1.165, 1.54) is 4.57 Å². The maximum absolute atomic E-state index is 13.0. The van der Waals surface area contributed by atoms with Gasteiger partial charge in [0.1, 0.15) is 6.04 Å². The van der Waals surface area contributed by atoms with Crippen LogP contribution in [0.15, 0.2) is 64.7 Å². The lowest BCUT2D eigenvalue weighted by Gasteiger charge is -2.18. The van der Waals surface area contributed by atoms with E-state index in [4.69, 9.17) is 16.7 Å². The molecular weight excluding hydrogens is 440 g/mol. The SMILES string of the molecule is C=CCn1c(=S)[nH]c2cc(C(=O)NC(c3nc(-c4ccncc4)no3)C(C)C)ccc2c1=O. The second-order valence-electron chi connectivity index (χ2n) is 7.78. The molecule has 0 aliphatic heterocycles. The fraction of sp³-hybridized carbons (Fsp3) is 0.217. The zero-order chi connectivity index (χ0) is 23.5. The summed E-state index contributed by atoms with van der Waals surface area (Å²) in [6.07, 6.45) is 4.89. The molecule has 2 N–H and O–H groups in total. The van der Waals surface area contributed by atoms with E-state index in [0.717, 1.165) is 5.56 Å². The molecule has 4 aromatic rings. The van der Waals surface area contributed by atoms with E-state index < -0.39 is 6.04 Å². The summed E-state index contributed by atoms with van der Waals surface area (Å²) in [5.74, 6) is 0.366. The van der Waals surface area contributed by atoms with Gasteiger partial charge in [-0.1, -0.05) is 25.1 Å². The molecule has 168 valence electrons. The third-order valence-corrected chi connectivity index (χ3v) is 5.48. The number of benzene rings is 1. The van der Waals surface area contributed by atoms with Crippen molar-refractivity contribution in [1.82, 2.24) is 30.0 Å². The van der Waals surface area contributed by atoms with Crippen molar-refractivity contribution in [1.29, 1.82) is 0 Å². The van der Waals surface area contributed by atoms with Crippen molar-refractivity contribution < 1.29 is 9.32 Å². The molecule has 0 spiro atoms. The molecule has 33 heavy (non-hydrogen) atoms. The van der Waals surface area contributed by atoms with Crippen molar-refractivity contribution in [3.63, 3.8) is 0 Å². The number of carbonyl (C=O) groups is 1. The number of rotatable bonds is 7. The van der Waals surface area contributed by atoms with Crippen LogP contribution in [0.1, 0.15) is 36.1 Å². The Kier molecular flexibility index (Phi) is 6.27. The molecule has 1 amide bonds. The van der Waals surface area contributed by atoms with Crippen LogP contribution in [0.25, 0.3) is 22.3 Å². The van der Waals surface area contributed by atoms with Crippen molar-refractivity contribution in [2.24, 2.45) is 5.92 Å². The normalized spacial score (nSPS) is 12.1. The molecule has 10 heteroatoms. The Morgan fingerprint density at radius 1 is 1.30 bits per heavy atom. The van der Waals surface area contributed by atoms with Crippen molar-refractivity contribution in [2.45, 2.75) is 26.4 Å². The van der Waals surface area contributed by atoms with Crippen molar-refractivity contribution in [3.05, 3.63) is 82.0 Å². The second-order valence-corrected chi connectivity index (χ2v) is 8.17. The lowest BCUT2D eigenvalue weighted by molar-refractivity contribution is 0.0914. The molecule has 0 aliphatic carbocycles. The molecule has 1 atom stereocenters. The molecule has 0 saturated carbocycles. The maximum Gasteiger partial charge on any atom is 0.262 e. The van der Waals surface area contributed by atoms with E-state index in [-0.39, 0.29) is 22.2 Å². The lowest BCUT2D eigenvalue weighted by Crippen LogP contribution is -2.32. The van der Waals surface area contributed by atoms with E-state index in [1.54, 1.807) is 48.8 Å². The summed E-state index contributed by atoms with van der Waals surface area (Å²) in [4.78, 5) is 37.2. The zero-order valence-corrected chi connectivity index (χ0v) is 18.9. The molecule has 0 saturated heterocycles. The number of aromatic nitrogens is 5. The number of allylic oxidation sites excluding steroid dienone is 1. The van der Waals surface area contributed by atoms with Gasteiger partial charge >= 0.3 is 0 Å². The smallest absolute Gasteiger partial charge is 0.262 e. The quantitative estimate of drug-likeness (QED) is 0.317. The van der Waals surface area contributed by atoms with Gasteiger partial charge in [-0.25, -0.2) is 0 Å². The van der Waals surface area contributed by atoms with Gasteiger partial charge in [0.05, 0.1) is 10.9 Å². The van der Waals surface area contributed by atoms with Crippen LogP contribution < -0.4 is 10.9 Å². The average molecular weight is 463 g/mol. The predicted octanol–water partition coefficient (Wildman–Crippen LogP) is 3.82. The van der Waals surface area contributed by atoms with Crippen LogP contribution in [-0.4, -0.2) is 30.6 Å². The molecule has 0 bridgehead atoms. The number of fused-ring (bicyclic) bond motifs is 1. The van der Waals surface area contributed by atoms with Gasteiger partial charge in [-0.2, -0.15) is 4.98 Å². The Morgan fingerprint density at radius 2 is 2.06 bits per heavy atom. The highest BCUT2D eigenvalue weighted by Gasteiger charge is 2.25. The Balaban J connectivity index is 1.62. The van der Waals surface area contributed by atoms with Crippen molar-refractivity contribution in [3.8, 4) is 11.4 Å². The fourth-order valence-corrected chi connectivity index (χ4v) is 3.68. The first kappa shape index (κ1) is 22.3. The monoisotopic (exact) mass is 462 g/mol. The van der Waals surface area contributed by atoms with Crippen LogP contribution in [0.3, 0.4) is 0 Å². The summed E-state index contributed by atoms with van der Waals surface area (Å²) in [5.41, 5.74) is 1.38. The van der Waals surface area contributed by atoms with Gasteiger partial charge < -0.3 is 14.8 Å². The van der Waals surface area contributed by atoms with E-state index in [0.29, 0.717) is 34.7 Å². The van der Waals surface area contributed by atoms with E-state index in [2.05, 4.69) is 32.0 Å². The molecule has 1 aromatic carbocycles. The summed E-state index contributed by atoms with van der Waals surface area (Å²) in [5, 5.41) is 7.41. The van der Waals surface area contributed by atoms with Crippen molar-refractivity contribution >= 4 is 29.0 Å². The molecule has 3 aromatic heterocycles. The number of nitrogens with one attached hydrogen (secondary N) is 2. The Morgan fingerprint density at radius 3 is 2.76 bits per heavy atom. The summed E-state index contributed by atoms with van der Waals surface area (Å²) >= 11 is 5.28. The highest BCUT2D eigenvalue weighted by atomic mass is 32.1. The third kappa shape index (κ3) is 4.51. The van der Waals surface area contributed by atoms with Crippen LogP contribution in [0.5, 0.6) is 0 Å². The van der Waals surface area contributed by atoms with E-state index >= 15 is 0 Å². The van der Waals surface area contributed by atoms with Gasteiger partial charge in [-0.15, -0.1) is 6.58 Å². The van der Waals surface area contributed by atoms with Gasteiger partial charge in [0.25, 0.3) is 11.5 Å². The number of pyridine rings is 1. The van der Waals surface area contributed by atoms with Crippen LogP contribution in [-0.2, 0) is 6.54 Å². The Labute approximate surface area is 194 Å². The van der Waals surface area contributed by atoms with E-state index in [9.17, 15) is 9.59 Å². The van der Waals surface area contributed by atoms with Crippen molar-refractivity contribution in [2.75, 3.05) is 0 Å². The molecule has 1 unspecified atom stereocenters. The minimum atomic E-state index is -0.504. The third-order valence-electron chi connectivity index (χ3n) is 5.16. The van der Waals surface area contributed by atoms with Gasteiger partial charge in [-0.3, -0.25) is 19.1 Å². The first-order chi connectivity index (χ1) is 15.9. The maximum atomic E-state index is 13.0. The second kappa shape index (κ2) is 9.29. The van der Waals surface area contributed by atoms with Crippen LogP contribution >= 0.6 is 12.2 Å². The predicted molar refractivity (Wildman–Crippen MR) is 126 cm³/mol. The molecule has 0 aliphatic rings. The highest BCUT2D eigenvalue weighted by molar-refractivity contribution is 7.71. The highest BCUT2D eigenvalue weighted by Crippen LogP contribution is 2.24. The zero-order valence-electron chi connectivity index (χ0n) is 18.1. The van der Waals surface area contributed by atoms with Crippen LogP contribution in [0.2, 0.25) is 0 Å². The summed E-state index contributed by atoms with van der Waals surface area (Å²) in [6.45, 7) is 7.84. The van der Waals surface area contributed by atoms with Gasteiger partial charge in [0, 0.05) is 30.1 Å². The summed E-state index contributed by atoms with van der Waals surface area (Å²) in [7, 11) is 0. The number of H-pyrrole nitrogens is 1. The summed E-state index contributed by atoms with van der Waals surface area (Å²) in [6, 6.07) is 7.86. The largest absolute Gasteiger partial charge is 0.340 e. The molecule has 3 heterocycles. The summed E-state index contributed by atoms with van der Waals surface area (Å²) < 4.78 is 7.12. The molecule has 0 fully saturated rings. The number of aromatic amines is 1.